The monoisotopic (exact) mass is 403 g/mol. The number of hydrogen-bond donors (Lipinski definition) is 1. The van der Waals surface area contributed by atoms with Crippen molar-refractivity contribution in [1.29, 1.82) is 0 Å². The maximum atomic E-state index is 12.9. The zero-order valence-electron chi connectivity index (χ0n) is 16.8. The zero-order chi connectivity index (χ0) is 21.0. The molecule has 1 saturated heterocycles. The molecule has 8 nitrogen and oxygen atoms in total. The summed E-state index contributed by atoms with van der Waals surface area (Å²) in [5.41, 5.74) is 5.51. The van der Waals surface area contributed by atoms with E-state index in [4.69, 9.17) is 0 Å². The third kappa shape index (κ3) is 2.83. The third-order valence-electron chi connectivity index (χ3n) is 5.88. The Bertz CT molecular complexity index is 1210. The molecule has 8 heteroatoms. The lowest BCUT2D eigenvalue weighted by Crippen LogP contribution is -2.52. The number of nitrogens with one attached hydrogen (secondary N) is 1. The smallest absolute Gasteiger partial charge is 0.255 e. The number of piperidine rings is 1. The van der Waals surface area contributed by atoms with Crippen LogP contribution in [0.25, 0.3) is 22.4 Å². The molecule has 0 saturated carbocycles. The van der Waals surface area contributed by atoms with E-state index in [0.717, 1.165) is 27.9 Å². The average Bonchev–Trinajstić information content (AvgIpc) is 3.39. The van der Waals surface area contributed by atoms with Gasteiger partial charge in [-0.15, -0.1) is 0 Å². The molecule has 0 radical (unpaired) electrons. The van der Waals surface area contributed by atoms with Crippen LogP contribution in [0.3, 0.4) is 0 Å². The molecule has 5 rings (SSSR count). The molecule has 1 aromatic carbocycles. The van der Waals surface area contributed by atoms with Gasteiger partial charge in [0, 0.05) is 56.1 Å². The summed E-state index contributed by atoms with van der Waals surface area (Å²) in [6.07, 6.45) is 6.47. The minimum absolute atomic E-state index is 0.166. The summed E-state index contributed by atoms with van der Waals surface area (Å²) in [7, 11) is 3.89. The molecule has 0 bridgehead atoms. The van der Waals surface area contributed by atoms with E-state index in [-0.39, 0.29) is 18.2 Å². The lowest BCUT2D eigenvalue weighted by Gasteiger charge is -2.29. The number of aryl methyl sites for hydroxylation is 2. The number of rotatable bonds is 3. The van der Waals surface area contributed by atoms with Crippen molar-refractivity contribution in [1.82, 2.24) is 24.6 Å². The van der Waals surface area contributed by atoms with Crippen LogP contribution >= 0.6 is 0 Å². The number of carbonyl (C=O) groups excluding carboxylic acids is 3. The molecule has 3 aromatic rings. The SMILES string of the molecule is Cn1ccc(-c2c(-c3ccc4c(c3)CN(C3CCC(=O)NC3=O)C4=O)cnn2C)c1. The fourth-order valence-electron chi connectivity index (χ4n) is 4.38. The van der Waals surface area contributed by atoms with Gasteiger partial charge in [-0.3, -0.25) is 24.4 Å². The number of hydrogen-bond acceptors (Lipinski definition) is 4. The summed E-state index contributed by atoms with van der Waals surface area (Å²) in [6, 6.07) is 7.18. The van der Waals surface area contributed by atoms with Gasteiger partial charge in [-0.2, -0.15) is 5.10 Å². The van der Waals surface area contributed by atoms with Crippen LogP contribution in [0.4, 0.5) is 0 Å². The van der Waals surface area contributed by atoms with Crippen molar-refractivity contribution in [2.75, 3.05) is 0 Å². The number of imide groups is 1. The van der Waals surface area contributed by atoms with E-state index in [9.17, 15) is 14.4 Å². The van der Waals surface area contributed by atoms with Gasteiger partial charge in [0.25, 0.3) is 5.91 Å². The first-order valence-corrected chi connectivity index (χ1v) is 9.84. The van der Waals surface area contributed by atoms with Gasteiger partial charge < -0.3 is 9.47 Å². The quantitative estimate of drug-likeness (QED) is 0.676. The average molecular weight is 403 g/mol. The lowest BCUT2D eigenvalue weighted by atomic mass is 9.99. The van der Waals surface area contributed by atoms with Crippen LogP contribution in [-0.2, 0) is 30.2 Å². The predicted molar refractivity (Wildman–Crippen MR) is 109 cm³/mol. The Kier molecular flexibility index (Phi) is 4.09. The molecule has 152 valence electrons. The number of amides is 3. The zero-order valence-corrected chi connectivity index (χ0v) is 16.8. The predicted octanol–water partition coefficient (Wildman–Crippen LogP) is 1.85. The van der Waals surface area contributed by atoms with Gasteiger partial charge in [0.1, 0.15) is 6.04 Å². The highest BCUT2D eigenvalue weighted by atomic mass is 16.2. The summed E-state index contributed by atoms with van der Waals surface area (Å²) >= 11 is 0. The van der Waals surface area contributed by atoms with E-state index in [2.05, 4.69) is 10.4 Å². The molecule has 1 unspecified atom stereocenters. The summed E-state index contributed by atoms with van der Waals surface area (Å²) in [4.78, 5) is 38.2. The lowest BCUT2D eigenvalue weighted by molar-refractivity contribution is -0.136. The molecule has 2 aromatic heterocycles. The van der Waals surface area contributed by atoms with E-state index < -0.39 is 11.9 Å². The molecule has 1 fully saturated rings. The van der Waals surface area contributed by atoms with Crippen LogP contribution in [0.15, 0.2) is 42.9 Å². The number of benzene rings is 1. The maximum absolute atomic E-state index is 12.9. The Labute approximate surface area is 173 Å². The van der Waals surface area contributed by atoms with Crippen molar-refractivity contribution in [3.05, 3.63) is 54.0 Å². The van der Waals surface area contributed by atoms with Crippen LogP contribution in [-0.4, -0.2) is 43.0 Å². The van der Waals surface area contributed by atoms with Gasteiger partial charge >= 0.3 is 0 Å². The van der Waals surface area contributed by atoms with E-state index in [1.807, 2.05) is 66.2 Å². The highest BCUT2D eigenvalue weighted by Gasteiger charge is 2.39. The third-order valence-corrected chi connectivity index (χ3v) is 5.88. The summed E-state index contributed by atoms with van der Waals surface area (Å²) in [5.74, 6) is -0.848. The van der Waals surface area contributed by atoms with Crippen LogP contribution < -0.4 is 5.32 Å². The minimum atomic E-state index is -0.607. The second kappa shape index (κ2) is 6.69. The van der Waals surface area contributed by atoms with Gasteiger partial charge in [0.05, 0.1) is 11.9 Å². The van der Waals surface area contributed by atoms with Gasteiger partial charge in [-0.25, -0.2) is 0 Å². The normalized spacial score (nSPS) is 18.7. The highest BCUT2D eigenvalue weighted by molar-refractivity contribution is 6.05. The standard InChI is InChI=1S/C22H21N5O3/c1-25-8-7-14(11-25)20-17(10-23-26(20)2)13-3-4-16-15(9-13)12-27(22(16)30)18-5-6-19(28)24-21(18)29/h3-4,7-11,18H,5-6,12H2,1-2H3,(H,24,28,29). The molecule has 1 N–H and O–H groups in total. The molecule has 0 spiro atoms. The molecule has 1 atom stereocenters. The molecule has 0 aliphatic carbocycles. The van der Waals surface area contributed by atoms with Crippen molar-refractivity contribution in [2.45, 2.75) is 25.4 Å². The molecular formula is C22H21N5O3. The first kappa shape index (κ1) is 18.4. The van der Waals surface area contributed by atoms with Crippen molar-refractivity contribution in [2.24, 2.45) is 14.1 Å². The molecule has 4 heterocycles. The molecule has 30 heavy (non-hydrogen) atoms. The highest BCUT2D eigenvalue weighted by Crippen LogP contribution is 2.35. The van der Waals surface area contributed by atoms with Gasteiger partial charge in [0.15, 0.2) is 0 Å². The fourth-order valence-corrected chi connectivity index (χ4v) is 4.38. The Morgan fingerprint density at radius 2 is 1.90 bits per heavy atom. The Balaban J connectivity index is 1.49. The number of nitrogens with zero attached hydrogens (tertiary/aromatic N) is 4. The first-order chi connectivity index (χ1) is 14.4. The second-order valence-electron chi connectivity index (χ2n) is 7.87. The van der Waals surface area contributed by atoms with Crippen molar-refractivity contribution < 1.29 is 14.4 Å². The summed E-state index contributed by atoms with van der Waals surface area (Å²) in [5, 5.41) is 6.77. The van der Waals surface area contributed by atoms with Crippen LogP contribution in [0.1, 0.15) is 28.8 Å². The summed E-state index contributed by atoms with van der Waals surface area (Å²) in [6.45, 7) is 0.356. The van der Waals surface area contributed by atoms with Crippen LogP contribution in [0.5, 0.6) is 0 Å². The second-order valence-corrected chi connectivity index (χ2v) is 7.87. The van der Waals surface area contributed by atoms with Crippen molar-refractivity contribution >= 4 is 17.7 Å². The number of fused-ring (bicyclic) bond motifs is 1. The van der Waals surface area contributed by atoms with Crippen molar-refractivity contribution in [3.63, 3.8) is 0 Å². The largest absolute Gasteiger partial charge is 0.357 e. The van der Waals surface area contributed by atoms with Gasteiger partial charge in [-0.1, -0.05) is 6.07 Å². The first-order valence-electron chi connectivity index (χ1n) is 9.84. The van der Waals surface area contributed by atoms with Crippen LogP contribution in [0.2, 0.25) is 0 Å². The number of aromatic nitrogens is 3. The van der Waals surface area contributed by atoms with Gasteiger partial charge in [-0.05, 0) is 35.7 Å². The van der Waals surface area contributed by atoms with Gasteiger partial charge in [0.2, 0.25) is 11.8 Å². The van der Waals surface area contributed by atoms with E-state index in [1.165, 1.54) is 0 Å². The molecule has 2 aliphatic rings. The Morgan fingerprint density at radius 3 is 2.63 bits per heavy atom. The van der Waals surface area contributed by atoms with E-state index in [1.54, 1.807) is 4.90 Å². The van der Waals surface area contributed by atoms with Crippen LogP contribution in [0, 0.1) is 0 Å². The Morgan fingerprint density at radius 1 is 1.07 bits per heavy atom. The number of carbonyl (C=O) groups is 3. The minimum Gasteiger partial charge on any atom is -0.357 e. The van der Waals surface area contributed by atoms with E-state index >= 15 is 0 Å². The topological polar surface area (TPSA) is 89.2 Å². The Hall–Kier alpha value is -3.68. The summed E-state index contributed by atoms with van der Waals surface area (Å²) < 4.78 is 3.84. The molecule has 2 aliphatic heterocycles. The fraction of sp³-hybridized carbons (Fsp3) is 0.273. The maximum Gasteiger partial charge on any atom is 0.255 e. The van der Waals surface area contributed by atoms with Crippen molar-refractivity contribution in [3.8, 4) is 22.4 Å². The van der Waals surface area contributed by atoms with E-state index in [0.29, 0.717) is 18.5 Å². The molecular weight excluding hydrogens is 382 g/mol. The molecule has 3 amide bonds.